The highest BCUT2D eigenvalue weighted by Crippen LogP contribution is 2.23. The number of benzene rings is 2. The number of hydrogen-bond acceptors (Lipinski definition) is 4. The van der Waals surface area contributed by atoms with Crippen LogP contribution in [-0.4, -0.2) is 20.6 Å². The van der Waals surface area contributed by atoms with Crippen molar-refractivity contribution in [1.29, 1.82) is 0 Å². The summed E-state index contributed by atoms with van der Waals surface area (Å²) in [7, 11) is -2.12. The van der Waals surface area contributed by atoms with Crippen molar-refractivity contribution in [2.45, 2.75) is 11.4 Å². The highest BCUT2D eigenvalue weighted by Gasteiger charge is 2.11. The molecule has 0 amide bonds. The molecule has 112 valence electrons. The van der Waals surface area contributed by atoms with Gasteiger partial charge in [0.1, 0.15) is 5.75 Å². The molecule has 5 nitrogen and oxygen atoms in total. The normalized spacial score (nSPS) is 11.3. The molecule has 3 N–H and O–H groups in total. The average Bonchev–Trinajstić information content (AvgIpc) is 2.48. The van der Waals surface area contributed by atoms with E-state index in [1.807, 2.05) is 0 Å². The first-order valence-electron chi connectivity index (χ1n) is 6.17. The van der Waals surface area contributed by atoms with Gasteiger partial charge in [-0.1, -0.05) is 17.7 Å². The first-order valence-corrected chi connectivity index (χ1v) is 8.03. The molecule has 0 aliphatic heterocycles. The Bertz CT molecular complexity index is 748. The fourth-order valence-corrected chi connectivity index (χ4v) is 2.75. The van der Waals surface area contributed by atoms with Gasteiger partial charge < -0.3 is 10.4 Å². The van der Waals surface area contributed by atoms with E-state index in [0.29, 0.717) is 22.8 Å². The largest absolute Gasteiger partial charge is 0.508 e. The van der Waals surface area contributed by atoms with Crippen molar-refractivity contribution in [2.24, 2.45) is 0 Å². The standard InChI is InChI=1S/C14H15ClN2O3S/c1-16-21(19,20)13-4-2-3-12(8-13)17-9-10-7-11(15)5-6-14(10)18/h2-8,16-18H,9H2,1H3. The number of phenols is 1. The predicted molar refractivity (Wildman–Crippen MR) is 83.1 cm³/mol. The Balaban J connectivity index is 2.18. The van der Waals surface area contributed by atoms with Crippen LogP contribution in [0.4, 0.5) is 5.69 Å². The zero-order valence-electron chi connectivity index (χ0n) is 11.3. The van der Waals surface area contributed by atoms with Crippen molar-refractivity contribution in [1.82, 2.24) is 4.72 Å². The molecule has 0 aliphatic carbocycles. The molecule has 0 bridgehead atoms. The summed E-state index contributed by atoms with van der Waals surface area (Å²) in [5, 5.41) is 13.3. The van der Waals surface area contributed by atoms with Crippen molar-refractivity contribution >= 4 is 27.3 Å². The second-order valence-corrected chi connectivity index (χ2v) is 6.68. The van der Waals surface area contributed by atoms with Gasteiger partial charge in [-0.15, -0.1) is 0 Å². The van der Waals surface area contributed by atoms with E-state index in [1.54, 1.807) is 24.3 Å². The first kappa shape index (κ1) is 15.6. The zero-order valence-corrected chi connectivity index (χ0v) is 12.9. The summed E-state index contributed by atoms with van der Waals surface area (Å²) in [6, 6.07) is 11.2. The van der Waals surface area contributed by atoms with Crippen molar-refractivity contribution in [3.8, 4) is 5.75 Å². The summed E-state index contributed by atoms with van der Waals surface area (Å²) in [5.74, 6) is 0.130. The van der Waals surface area contributed by atoms with Crippen LogP contribution >= 0.6 is 11.6 Å². The maximum absolute atomic E-state index is 11.7. The van der Waals surface area contributed by atoms with Gasteiger partial charge >= 0.3 is 0 Å². The number of nitrogens with one attached hydrogen (secondary N) is 2. The number of rotatable bonds is 5. The zero-order chi connectivity index (χ0) is 15.5. The molecule has 21 heavy (non-hydrogen) atoms. The minimum Gasteiger partial charge on any atom is -0.508 e. The summed E-state index contributed by atoms with van der Waals surface area (Å²) in [6.45, 7) is 0.329. The van der Waals surface area contributed by atoms with Gasteiger partial charge in [0, 0.05) is 22.8 Å². The van der Waals surface area contributed by atoms with Crippen LogP contribution in [0.25, 0.3) is 0 Å². The summed E-state index contributed by atoms with van der Waals surface area (Å²) in [4.78, 5) is 0.172. The number of hydrogen-bond donors (Lipinski definition) is 3. The molecule has 2 aromatic carbocycles. The lowest BCUT2D eigenvalue weighted by molar-refractivity contribution is 0.469. The number of anilines is 1. The number of sulfonamides is 1. The Morgan fingerprint density at radius 2 is 1.95 bits per heavy atom. The van der Waals surface area contributed by atoms with Crippen LogP contribution in [-0.2, 0) is 16.6 Å². The van der Waals surface area contributed by atoms with Crippen LogP contribution in [0.5, 0.6) is 5.75 Å². The average molecular weight is 327 g/mol. The van der Waals surface area contributed by atoms with Crippen molar-refractivity contribution < 1.29 is 13.5 Å². The molecule has 2 aromatic rings. The fraction of sp³-hybridized carbons (Fsp3) is 0.143. The smallest absolute Gasteiger partial charge is 0.240 e. The maximum atomic E-state index is 11.7. The molecule has 0 aliphatic rings. The van der Waals surface area contributed by atoms with Crippen LogP contribution in [0.15, 0.2) is 47.4 Å². The highest BCUT2D eigenvalue weighted by atomic mass is 35.5. The number of aromatic hydroxyl groups is 1. The van der Waals surface area contributed by atoms with Gasteiger partial charge in [-0.05, 0) is 43.4 Å². The molecular weight excluding hydrogens is 312 g/mol. The second-order valence-electron chi connectivity index (χ2n) is 4.36. The molecule has 0 heterocycles. The fourth-order valence-electron chi connectivity index (χ4n) is 1.78. The van der Waals surface area contributed by atoms with Gasteiger partial charge in [-0.25, -0.2) is 13.1 Å². The van der Waals surface area contributed by atoms with Gasteiger partial charge in [0.2, 0.25) is 10.0 Å². The van der Waals surface area contributed by atoms with Gasteiger partial charge in [0.15, 0.2) is 0 Å². The molecule has 0 saturated carbocycles. The lowest BCUT2D eigenvalue weighted by atomic mass is 10.2. The Morgan fingerprint density at radius 3 is 2.67 bits per heavy atom. The van der Waals surface area contributed by atoms with Crippen molar-refractivity contribution in [2.75, 3.05) is 12.4 Å². The second kappa shape index (κ2) is 6.34. The third-order valence-electron chi connectivity index (χ3n) is 2.94. The Hall–Kier alpha value is -1.76. The molecule has 0 saturated heterocycles. The lowest BCUT2D eigenvalue weighted by Gasteiger charge is -2.10. The minimum absolute atomic E-state index is 0.130. The van der Waals surface area contributed by atoms with Gasteiger partial charge in [-0.3, -0.25) is 0 Å². The summed E-state index contributed by atoms with van der Waals surface area (Å²) in [6.07, 6.45) is 0. The molecule has 2 rings (SSSR count). The monoisotopic (exact) mass is 326 g/mol. The predicted octanol–water partition coefficient (Wildman–Crippen LogP) is 2.57. The van der Waals surface area contributed by atoms with Crippen molar-refractivity contribution in [3.63, 3.8) is 0 Å². The molecule has 0 aromatic heterocycles. The number of phenolic OH excluding ortho intramolecular Hbond substituents is 1. The molecule has 0 radical (unpaired) electrons. The van der Waals surface area contributed by atoms with Gasteiger partial charge in [0.05, 0.1) is 4.90 Å². The van der Waals surface area contributed by atoms with E-state index in [1.165, 1.54) is 25.2 Å². The Labute approximate surface area is 128 Å². The molecule has 0 atom stereocenters. The van der Waals surface area contributed by atoms with E-state index in [2.05, 4.69) is 10.0 Å². The third-order valence-corrected chi connectivity index (χ3v) is 4.58. The Kier molecular flexibility index (Phi) is 4.72. The SMILES string of the molecule is CNS(=O)(=O)c1cccc(NCc2cc(Cl)ccc2O)c1. The molecule has 0 spiro atoms. The third kappa shape index (κ3) is 3.87. The van der Waals surface area contributed by atoms with Crippen LogP contribution in [0.2, 0.25) is 5.02 Å². The molecular formula is C14H15ClN2O3S. The van der Waals surface area contributed by atoms with E-state index in [0.717, 1.165) is 0 Å². The van der Waals surface area contributed by atoms with Crippen LogP contribution in [0.1, 0.15) is 5.56 Å². The first-order chi connectivity index (χ1) is 9.92. The lowest BCUT2D eigenvalue weighted by Crippen LogP contribution is -2.18. The maximum Gasteiger partial charge on any atom is 0.240 e. The van der Waals surface area contributed by atoms with Crippen LogP contribution < -0.4 is 10.0 Å². The van der Waals surface area contributed by atoms with E-state index in [9.17, 15) is 13.5 Å². The quantitative estimate of drug-likeness (QED) is 0.789. The van der Waals surface area contributed by atoms with E-state index in [4.69, 9.17) is 11.6 Å². The topological polar surface area (TPSA) is 78.4 Å². The van der Waals surface area contributed by atoms with E-state index < -0.39 is 10.0 Å². The van der Waals surface area contributed by atoms with Gasteiger partial charge in [-0.2, -0.15) is 0 Å². The van der Waals surface area contributed by atoms with E-state index in [-0.39, 0.29) is 10.6 Å². The van der Waals surface area contributed by atoms with Crippen LogP contribution in [0, 0.1) is 0 Å². The van der Waals surface area contributed by atoms with E-state index >= 15 is 0 Å². The van der Waals surface area contributed by atoms with Crippen LogP contribution in [0.3, 0.4) is 0 Å². The van der Waals surface area contributed by atoms with Gasteiger partial charge in [0.25, 0.3) is 0 Å². The minimum atomic E-state index is -3.48. The highest BCUT2D eigenvalue weighted by molar-refractivity contribution is 7.89. The summed E-state index contributed by atoms with van der Waals surface area (Å²) < 4.78 is 25.7. The Morgan fingerprint density at radius 1 is 1.19 bits per heavy atom. The molecule has 0 fully saturated rings. The summed E-state index contributed by atoms with van der Waals surface area (Å²) >= 11 is 5.88. The number of halogens is 1. The van der Waals surface area contributed by atoms with Crippen molar-refractivity contribution in [3.05, 3.63) is 53.1 Å². The molecule has 0 unspecified atom stereocenters. The molecule has 7 heteroatoms. The summed E-state index contributed by atoms with van der Waals surface area (Å²) in [5.41, 5.74) is 1.26.